The van der Waals surface area contributed by atoms with Crippen LogP contribution >= 0.6 is 34.3 Å². The summed E-state index contributed by atoms with van der Waals surface area (Å²) in [6.45, 7) is 0.983. The van der Waals surface area contributed by atoms with Crippen LogP contribution in [0.25, 0.3) is 9.88 Å². The molecule has 0 fully saturated rings. The second kappa shape index (κ2) is 8.62. The molecule has 8 heteroatoms. The van der Waals surface area contributed by atoms with Gasteiger partial charge >= 0.3 is 0 Å². The second-order valence-electron chi connectivity index (χ2n) is 5.52. The normalized spacial score (nSPS) is 10.7. The first-order chi connectivity index (χ1) is 12.5. The van der Waals surface area contributed by atoms with Crippen LogP contribution in [0.2, 0.25) is 4.34 Å². The van der Waals surface area contributed by atoms with Gasteiger partial charge in [0.25, 0.3) is 5.91 Å². The van der Waals surface area contributed by atoms with Crippen LogP contribution < -0.4 is 4.74 Å². The number of thiazole rings is 1. The highest BCUT2D eigenvalue weighted by atomic mass is 35.5. The van der Waals surface area contributed by atoms with Gasteiger partial charge in [0.15, 0.2) is 0 Å². The van der Waals surface area contributed by atoms with Crippen molar-refractivity contribution >= 4 is 40.2 Å². The van der Waals surface area contributed by atoms with Crippen molar-refractivity contribution in [2.24, 2.45) is 0 Å². The molecule has 4 nitrogen and oxygen atoms in total. The molecule has 2 aromatic heterocycles. The number of nitrogens with zero attached hydrogens (tertiary/aromatic N) is 2. The molecule has 3 rings (SSSR count). The molecule has 136 valence electrons. The first-order valence-electron chi connectivity index (χ1n) is 7.88. The van der Waals surface area contributed by atoms with E-state index in [2.05, 4.69) is 4.98 Å². The summed E-state index contributed by atoms with van der Waals surface area (Å²) in [6, 6.07) is 9.58. The predicted octanol–water partition coefficient (Wildman–Crippen LogP) is 5.21. The second-order valence-corrected chi connectivity index (χ2v) is 8.10. The summed E-state index contributed by atoms with van der Waals surface area (Å²) >= 11 is 8.81. The molecule has 0 aliphatic rings. The molecule has 0 N–H and O–H groups in total. The van der Waals surface area contributed by atoms with E-state index in [9.17, 15) is 9.18 Å². The van der Waals surface area contributed by atoms with E-state index in [1.54, 1.807) is 29.5 Å². The quantitative estimate of drug-likeness (QED) is 0.502. The van der Waals surface area contributed by atoms with Crippen LogP contribution in [0.3, 0.4) is 0 Å². The molecular formula is C18H16ClFN2O2S2. The van der Waals surface area contributed by atoms with E-state index in [4.69, 9.17) is 16.3 Å². The van der Waals surface area contributed by atoms with Crippen molar-refractivity contribution in [2.75, 3.05) is 20.2 Å². The lowest BCUT2D eigenvalue weighted by Gasteiger charge is -2.16. The maximum atomic E-state index is 12.8. The molecule has 0 saturated heterocycles. The Balaban J connectivity index is 1.48. The number of amides is 1. The third-order valence-corrected chi connectivity index (χ3v) is 5.82. The van der Waals surface area contributed by atoms with Crippen LogP contribution in [-0.4, -0.2) is 36.0 Å². The fourth-order valence-corrected chi connectivity index (χ4v) is 4.14. The van der Waals surface area contributed by atoms with E-state index in [1.165, 1.54) is 34.8 Å². The summed E-state index contributed by atoms with van der Waals surface area (Å²) in [5.74, 6) is 0.186. The maximum Gasteiger partial charge on any atom is 0.273 e. The van der Waals surface area contributed by atoms with E-state index in [0.717, 1.165) is 9.88 Å². The molecule has 3 aromatic rings. The number of halogens is 2. The third-order valence-electron chi connectivity index (χ3n) is 3.57. The van der Waals surface area contributed by atoms with Crippen LogP contribution in [0.4, 0.5) is 4.39 Å². The molecule has 0 aliphatic heterocycles. The molecule has 0 saturated carbocycles. The Morgan fingerprint density at radius 3 is 2.73 bits per heavy atom. The van der Waals surface area contributed by atoms with Gasteiger partial charge < -0.3 is 9.64 Å². The van der Waals surface area contributed by atoms with Gasteiger partial charge in [0.2, 0.25) is 0 Å². The first kappa shape index (κ1) is 18.8. The van der Waals surface area contributed by atoms with Crippen molar-refractivity contribution in [3.8, 4) is 15.6 Å². The number of carbonyl (C=O) groups is 1. The van der Waals surface area contributed by atoms with E-state index >= 15 is 0 Å². The van der Waals surface area contributed by atoms with Crippen molar-refractivity contribution in [3.63, 3.8) is 0 Å². The predicted molar refractivity (Wildman–Crippen MR) is 104 cm³/mol. The van der Waals surface area contributed by atoms with E-state index < -0.39 is 0 Å². The molecular weight excluding hydrogens is 395 g/mol. The Kier molecular flexibility index (Phi) is 6.24. The monoisotopic (exact) mass is 410 g/mol. The molecule has 0 spiro atoms. The lowest BCUT2D eigenvalue weighted by molar-refractivity contribution is 0.0783. The summed E-state index contributed by atoms with van der Waals surface area (Å²) in [5.41, 5.74) is 0.427. The van der Waals surface area contributed by atoms with Crippen molar-refractivity contribution in [2.45, 2.75) is 6.42 Å². The van der Waals surface area contributed by atoms with Gasteiger partial charge in [-0.2, -0.15) is 0 Å². The maximum absolute atomic E-state index is 12.8. The fraction of sp³-hybridized carbons (Fsp3) is 0.222. The highest BCUT2D eigenvalue weighted by Crippen LogP contribution is 2.33. The Morgan fingerprint density at radius 1 is 1.27 bits per heavy atom. The number of thiophene rings is 1. The standard InChI is InChI=1S/C18H16ClFN2O2S2/c1-22(9-2-10-24-13-5-3-12(20)4-6-13)18(23)14-11-25-17(21-14)15-7-8-16(19)26-15/h3-8,11H,2,9-10H2,1H3. The van der Waals surface area contributed by atoms with Crippen LogP contribution in [0.15, 0.2) is 41.8 Å². The van der Waals surface area contributed by atoms with Gasteiger partial charge in [-0.3, -0.25) is 4.79 Å². The van der Waals surface area contributed by atoms with Gasteiger partial charge in [-0.25, -0.2) is 9.37 Å². The number of hydrogen-bond donors (Lipinski definition) is 0. The van der Waals surface area contributed by atoms with Gasteiger partial charge in [-0.05, 0) is 42.8 Å². The highest BCUT2D eigenvalue weighted by molar-refractivity contribution is 7.23. The average Bonchev–Trinajstić information content (AvgIpc) is 3.28. The minimum absolute atomic E-state index is 0.128. The van der Waals surface area contributed by atoms with Crippen molar-refractivity contribution in [1.29, 1.82) is 0 Å². The summed E-state index contributed by atoms with van der Waals surface area (Å²) in [6.07, 6.45) is 0.664. The number of rotatable bonds is 7. The van der Waals surface area contributed by atoms with Gasteiger partial charge in [0.05, 0.1) is 15.8 Å². The molecule has 0 bridgehead atoms. The largest absolute Gasteiger partial charge is 0.494 e. The Morgan fingerprint density at radius 2 is 2.04 bits per heavy atom. The number of benzene rings is 1. The SMILES string of the molecule is CN(CCCOc1ccc(F)cc1)C(=O)c1csc(-c2ccc(Cl)s2)n1. The van der Waals surface area contributed by atoms with Gasteiger partial charge in [-0.1, -0.05) is 11.6 Å². The Bertz CT molecular complexity index is 879. The fourth-order valence-electron chi connectivity index (χ4n) is 2.23. The van der Waals surface area contributed by atoms with E-state index in [-0.39, 0.29) is 11.7 Å². The molecule has 1 amide bonds. The Hall–Kier alpha value is -1.96. The van der Waals surface area contributed by atoms with Gasteiger partial charge in [0, 0.05) is 19.0 Å². The summed E-state index contributed by atoms with van der Waals surface area (Å²) in [5, 5.41) is 2.55. The van der Waals surface area contributed by atoms with E-state index in [0.29, 0.717) is 35.4 Å². The summed E-state index contributed by atoms with van der Waals surface area (Å²) in [4.78, 5) is 19.4. The molecule has 1 aromatic carbocycles. The van der Waals surface area contributed by atoms with Gasteiger partial charge in [-0.15, -0.1) is 22.7 Å². The zero-order valence-electron chi connectivity index (χ0n) is 13.9. The number of aromatic nitrogens is 1. The Labute approximate surface area is 163 Å². The zero-order valence-corrected chi connectivity index (χ0v) is 16.3. The van der Waals surface area contributed by atoms with E-state index in [1.807, 2.05) is 12.1 Å². The first-order valence-corrected chi connectivity index (χ1v) is 9.95. The molecule has 2 heterocycles. The van der Waals surface area contributed by atoms with Crippen LogP contribution in [0.5, 0.6) is 5.75 Å². The molecule has 0 radical (unpaired) electrons. The van der Waals surface area contributed by atoms with Crippen molar-refractivity contribution < 1.29 is 13.9 Å². The molecule has 0 atom stereocenters. The van der Waals surface area contributed by atoms with Crippen LogP contribution in [0, 0.1) is 5.82 Å². The minimum atomic E-state index is -0.296. The minimum Gasteiger partial charge on any atom is -0.494 e. The van der Waals surface area contributed by atoms with Crippen molar-refractivity contribution in [1.82, 2.24) is 9.88 Å². The van der Waals surface area contributed by atoms with Crippen LogP contribution in [-0.2, 0) is 0 Å². The summed E-state index contributed by atoms with van der Waals surface area (Å²) in [7, 11) is 1.74. The highest BCUT2D eigenvalue weighted by Gasteiger charge is 2.16. The number of carbonyl (C=O) groups excluding carboxylic acids is 1. The molecule has 26 heavy (non-hydrogen) atoms. The third kappa shape index (κ3) is 4.81. The molecule has 0 aliphatic carbocycles. The lowest BCUT2D eigenvalue weighted by atomic mass is 10.3. The number of hydrogen-bond acceptors (Lipinski definition) is 5. The average molecular weight is 411 g/mol. The van der Waals surface area contributed by atoms with Gasteiger partial charge in [0.1, 0.15) is 22.3 Å². The lowest BCUT2D eigenvalue weighted by Crippen LogP contribution is -2.28. The molecule has 0 unspecified atom stereocenters. The zero-order chi connectivity index (χ0) is 18.5. The smallest absolute Gasteiger partial charge is 0.273 e. The summed E-state index contributed by atoms with van der Waals surface area (Å²) < 4.78 is 19.1. The number of ether oxygens (including phenoxy) is 1. The topological polar surface area (TPSA) is 42.4 Å². The van der Waals surface area contributed by atoms with Crippen LogP contribution in [0.1, 0.15) is 16.9 Å². The van der Waals surface area contributed by atoms with Crippen molar-refractivity contribution in [3.05, 3.63) is 57.6 Å².